The molecule has 2 aliphatic heterocycles. The van der Waals surface area contributed by atoms with Crippen LogP contribution in [0.5, 0.6) is 0 Å². The van der Waals surface area contributed by atoms with Crippen molar-refractivity contribution < 1.29 is 41.4 Å². The summed E-state index contributed by atoms with van der Waals surface area (Å²) >= 11 is 0. The Kier molecular flexibility index (Phi) is 7.35. The van der Waals surface area contributed by atoms with Gasteiger partial charge < -0.3 is 20.1 Å². The van der Waals surface area contributed by atoms with Crippen molar-refractivity contribution in [2.45, 2.75) is 30.5 Å². The van der Waals surface area contributed by atoms with Crippen LogP contribution in [0.3, 0.4) is 0 Å². The van der Waals surface area contributed by atoms with Crippen molar-refractivity contribution in [3.05, 3.63) is 59.9 Å². The maximum atomic E-state index is 13.9. The van der Waals surface area contributed by atoms with Gasteiger partial charge in [0.2, 0.25) is 0 Å². The number of hydrogen-bond acceptors (Lipinski definition) is 6. The molecule has 3 N–H and O–H groups in total. The molecule has 2 saturated heterocycles. The molecule has 3 aromatic rings. The smallest absolute Gasteiger partial charge is 0.421 e. The van der Waals surface area contributed by atoms with E-state index < -0.39 is 30.2 Å². The summed E-state index contributed by atoms with van der Waals surface area (Å²) in [6.45, 7) is -0.759. The van der Waals surface area contributed by atoms with Crippen LogP contribution in [-0.4, -0.2) is 64.5 Å². The Hall–Kier alpha value is -4.07. The molecule has 0 aliphatic carbocycles. The number of nitrogens with zero attached hydrogens (tertiary/aromatic N) is 3. The molecule has 4 heterocycles. The summed E-state index contributed by atoms with van der Waals surface area (Å²) < 4.78 is 73.3. The van der Waals surface area contributed by atoms with Gasteiger partial charge in [-0.1, -0.05) is 12.1 Å². The number of alkyl halides is 5. The average Bonchev–Trinajstić information content (AvgIpc) is 3.48. The van der Waals surface area contributed by atoms with Crippen LogP contribution in [0.2, 0.25) is 0 Å². The van der Waals surface area contributed by atoms with Crippen molar-refractivity contribution in [2.75, 3.05) is 29.9 Å². The normalized spacial score (nSPS) is 20.2. The van der Waals surface area contributed by atoms with Crippen LogP contribution in [0.1, 0.15) is 28.8 Å². The van der Waals surface area contributed by atoms with E-state index in [1.807, 2.05) is 0 Å². The third kappa shape index (κ3) is 5.16. The second-order valence-corrected chi connectivity index (χ2v) is 8.62. The summed E-state index contributed by atoms with van der Waals surface area (Å²) in [7, 11) is 0. The number of amides is 1. The number of rotatable bonds is 5. The number of carbonyl (C=O) groups excluding carboxylic acids is 1. The number of halogens is 5. The van der Waals surface area contributed by atoms with Crippen molar-refractivity contribution in [2.24, 2.45) is 0 Å². The lowest BCUT2D eigenvalue weighted by atomic mass is 9.85. The first-order valence-electron chi connectivity index (χ1n) is 11.3. The first-order valence-corrected chi connectivity index (χ1v) is 11.3. The summed E-state index contributed by atoms with van der Waals surface area (Å²) in [5.41, 5.74) is -1.17. The van der Waals surface area contributed by atoms with Crippen LogP contribution in [0.25, 0.3) is 11.3 Å². The van der Waals surface area contributed by atoms with Gasteiger partial charge in [0, 0.05) is 42.9 Å². The molecular formula is C24H22F5N5O4. The van der Waals surface area contributed by atoms with Gasteiger partial charge >= 0.3 is 6.18 Å². The van der Waals surface area contributed by atoms with Gasteiger partial charge in [-0.3, -0.25) is 14.7 Å². The maximum Gasteiger partial charge on any atom is 0.421 e. The Labute approximate surface area is 212 Å². The molecule has 202 valence electrons. The van der Waals surface area contributed by atoms with Gasteiger partial charge in [-0.25, -0.2) is 13.8 Å². The molecule has 2 fully saturated rings. The lowest BCUT2D eigenvalue weighted by Crippen LogP contribution is -2.52. The van der Waals surface area contributed by atoms with Crippen molar-refractivity contribution in [1.82, 2.24) is 15.2 Å². The van der Waals surface area contributed by atoms with E-state index in [4.69, 9.17) is 14.6 Å². The minimum Gasteiger partial charge on any atom is -0.483 e. The van der Waals surface area contributed by atoms with E-state index in [1.165, 1.54) is 41.6 Å². The highest BCUT2D eigenvalue weighted by Crippen LogP contribution is 2.50. The number of pyridine rings is 1. The number of benzene rings is 1. The van der Waals surface area contributed by atoms with E-state index >= 15 is 0 Å². The van der Waals surface area contributed by atoms with Crippen molar-refractivity contribution >= 4 is 23.9 Å². The fourth-order valence-electron chi connectivity index (χ4n) is 4.36. The molecule has 5 rings (SSSR count). The molecule has 0 spiro atoms. The van der Waals surface area contributed by atoms with Crippen molar-refractivity contribution in [3.63, 3.8) is 0 Å². The molecule has 2 aromatic heterocycles. The number of anilines is 2. The minimum absolute atomic E-state index is 0.00252. The van der Waals surface area contributed by atoms with Gasteiger partial charge in [0.1, 0.15) is 0 Å². The topological polar surface area (TPSA) is 120 Å². The number of nitrogens with one attached hydrogen (secondary N) is 2. The lowest BCUT2D eigenvalue weighted by Gasteiger charge is -2.43. The summed E-state index contributed by atoms with van der Waals surface area (Å²) in [6.07, 6.45) is -2.18. The standard InChI is InChI=1S/C23H20F5N5O2.CH2O2/c24-21(25)7-11-33(13-21)19-18(16(5-9-29-19)17-6-10-30-32-17)31-20(34)14-1-3-15(4-2-14)22(8-12-35-22)23(26,27)28;2-1-3/h1-6,9-10H,7-8,11-13H2,(H,30,32)(H,31,34);1H,(H,2,3). The van der Waals surface area contributed by atoms with Crippen molar-refractivity contribution in [1.29, 1.82) is 0 Å². The second kappa shape index (κ2) is 10.4. The number of carbonyl (C=O) groups is 2. The molecule has 0 radical (unpaired) electrons. The largest absolute Gasteiger partial charge is 0.483 e. The van der Waals surface area contributed by atoms with Crippen LogP contribution >= 0.6 is 0 Å². The fraction of sp³-hybridized carbons (Fsp3) is 0.333. The second-order valence-electron chi connectivity index (χ2n) is 8.62. The maximum absolute atomic E-state index is 13.9. The van der Waals surface area contributed by atoms with Crippen molar-refractivity contribution in [3.8, 4) is 11.3 Å². The van der Waals surface area contributed by atoms with Gasteiger partial charge in [0.25, 0.3) is 18.3 Å². The van der Waals surface area contributed by atoms with E-state index in [0.29, 0.717) is 11.3 Å². The molecule has 9 nitrogen and oxygen atoms in total. The third-order valence-electron chi connectivity index (χ3n) is 6.30. The Morgan fingerprint density at radius 1 is 1.13 bits per heavy atom. The minimum atomic E-state index is -4.59. The van der Waals surface area contributed by atoms with Gasteiger partial charge in [0.15, 0.2) is 11.4 Å². The average molecular weight is 539 g/mol. The van der Waals surface area contributed by atoms with Crippen LogP contribution in [0, 0.1) is 0 Å². The van der Waals surface area contributed by atoms with Gasteiger partial charge in [-0.05, 0) is 29.8 Å². The molecule has 0 saturated carbocycles. The van der Waals surface area contributed by atoms with Crippen LogP contribution < -0.4 is 10.2 Å². The third-order valence-corrected chi connectivity index (χ3v) is 6.30. The van der Waals surface area contributed by atoms with Gasteiger partial charge in [-0.2, -0.15) is 18.3 Å². The van der Waals surface area contributed by atoms with E-state index in [1.54, 1.807) is 12.1 Å². The summed E-state index contributed by atoms with van der Waals surface area (Å²) in [5.74, 6) is -3.35. The van der Waals surface area contributed by atoms with Crippen LogP contribution in [0.4, 0.5) is 33.5 Å². The molecule has 1 amide bonds. The number of H-pyrrole nitrogens is 1. The molecular weight excluding hydrogens is 517 g/mol. The Morgan fingerprint density at radius 2 is 1.82 bits per heavy atom. The first-order chi connectivity index (χ1) is 18.0. The van der Waals surface area contributed by atoms with Gasteiger partial charge in [-0.15, -0.1) is 0 Å². The number of aromatic amines is 1. The summed E-state index contributed by atoms with van der Waals surface area (Å²) in [6, 6.07) is 8.22. The first kappa shape index (κ1) is 27.0. The van der Waals surface area contributed by atoms with Crippen LogP contribution in [0.15, 0.2) is 48.8 Å². The zero-order valence-corrected chi connectivity index (χ0v) is 19.6. The SMILES string of the molecule is O=C(Nc1c(-c2ccn[nH]2)ccnc1N1CCC(F)(F)C1)c1ccc(C2(C(F)(F)F)CCO2)cc1.O=CO. The number of ether oxygens (including phenoxy) is 1. The highest BCUT2D eigenvalue weighted by atomic mass is 19.4. The monoisotopic (exact) mass is 539 g/mol. The highest BCUT2D eigenvalue weighted by Gasteiger charge is 2.61. The molecule has 1 atom stereocenters. The van der Waals surface area contributed by atoms with E-state index in [-0.39, 0.29) is 55.1 Å². The van der Waals surface area contributed by atoms with E-state index in [9.17, 15) is 26.7 Å². The number of aromatic nitrogens is 3. The summed E-state index contributed by atoms with van der Waals surface area (Å²) in [4.78, 5) is 27.1. The molecule has 2 aliphatic rings. The molecule has 1 aromatic carbocycles. The predicted molar refractivity (Wildman–Crippen MR) is 125 cm³/mol. The Balaban J connectivity index is 0.00000107. The Morgan fingerprint density at radius 3 is 2.32 bits per heavy atom. The predicted octanol–water partition coefficient (Wildman–Crippen LogP) is 4.45. The lowest BCUT2D eigenvalue weighted by molar-refractivity contribution is -0.333. The zero-order valence-electron chi connectivity index (χ0n) is 19.6. The van der Waals surface area contributed by atoms with Crippen LogP contribution in [-0.2, 0) is 15.1 Å². The summed E-state index contributed by atoms with van der Waals surface area (Å²) in [5, 5.41) is 16.3. The number of carboxylic acid groups (broad SMARTS) is 1. The molecule has 0 bridgehead atoms. The zero-order chi connectivity index (χ0) is 27.6. The Bertz CT molecular complexity index is 1280. The van der Waals surface area contributed by atoms with E-state index in [2.05, 4.69) is 20.5 Å². The van der Waals surface area contributed by atoms with Gasteiger partial charge in [0.05, 0.1) is 24.5 Å². The molecule has 1 unspecified atom stereocenters. The number of hydrogen-bond donors (Lipinski definition) is 3. The molecule has 14 heteroatoms. The quantitative estimate of drug-likeness (QED) is 0.324. The fourth-order valence-corrected chi connectivity index (χ4v) is 4.36. The highest BCUT2D eigenvalue weighted by molar-refractivity contribution is 6.08. The van der Waals surface area contributed by atoms with E-state index in [0.717, 1.165) is 0 Å². The molecule has 38 heavy (non-hydrogen) atoms.